The number of carbonyl (C=O) groups excluding carboxylic acids is 1. The molecule has 0 aliphatic carbocycles. The van der Waals surface area contributed by atoms with E-state index in [1.54, 1.807) is 0 Å². The van der Waals surface area contributed by atoms with Crippen molar-refractivity contribution in [2.45, 2.75) is 42.6 Å². The van der Waals surface area contributed by atoms with Gasteiger partial charge < -0.3 is 4.42 Å². The van der Waals surface area contributed by atoms with Gasteiger partial charge in [0.2, 0.25) is 0 Å². The molecule has 0 spiro atoms. The Kier molecular flexibility index (Phi) is 3.15. The maximum absolute atomic E-state index is 12.9. The molecule has 1 aromatic heterocycles. The SMILES string of the molecule is O=C(c1coc2ccccc12)C1CC2CCCC(C1)S2(=O)=O. The molecule has 2 saturated heterocycles. The third-order valence-electron chi connectivity index (χ3n) is 5.19. The predicted molar refractivity (Wildman–Crippen MR) is 83.6 cm³/mol. The average Bonchev–Trinajstić information content (AvgIpc) is 2.89. The van der Waals surface area contributed by atoms with Gasteiger partial charge in [-0.3, -0.25) is 4.79 Å². The quantitative estimate of drug-likeness (QED) is 0.796. The second-order valence-electron chi connectivity index (χ2n) is 6.44. The van der Waals surface area contributed by atoms with E-state index in [9.17, 15) is 13.2 Å². The van der Waals surface area contributed by atoms with Crippen LogP contribution in [0.4, 0.5) is 0 Å². The lowest BCUT2D eigenvalue weighted by Crippen LogP contribution is -2.45. The highest BCUT2D eigenvalue weighted by Gasteiger charge is 2.46. The number of furan rings is 1. The summed E-state index contributed by atoms with van der Waals surface area (Å²) in [5, 5.41) is 0.172. The molecule has 4 rings (SSSR count). The van der Waals surface area contributed by atoms with Crippen LogP contribution >= 0.6 is 0 Å². The number of Topliss-reactive ketones (excluding diaryl/α,β-unsaturated/α-hetero) is 1. The monoisotopic (exact) mass is 318 g/mol. The molecule has 2 aromatic rings. The van der Waals surface area contributed by atoms with Gasteiger partial charge in [-0.15, -0.1) is 0 Å². The minimum Gasteiger partial charge on any atom is -0.464 e. The molecule has 2 fully saturated rings. The normalized spacial score (nSPS) is 30.3. The summed E-state index contributed by atoms with van der Waals surface area (Å²) in [5.74, 6) is -0.156. The van der Waals surface area contributed by atoms with E-state index in [2.05, 4.69) is 0 Å². The number of rotatable bonds is 2. The Morgan fingerprint density at radius 1 is 1.09 bits per heavy atom. The number of hydrogen-bond donors (Lipinski definition) is 0. The van der Waals surface area contributed by atoms with E-state index in [4.69, 9.17) is 4.42 Å². The van der Waals surface area contributed by atoms with Gasteiger partial charge in [-0.05, 0) is 31.7 Å². The molecule has 3 heterocycles. The summed E-state index contributed by atoms with van der Waals surface area (Å²) in [7, 11) is -3.02. The van der Waals surface area contributed by atoms with Crippen LogP contribution in [-0.2, 0) is 9.84 Å². The molecular weight excluding hydrogens is 300 g/mol. The summed E-state index contributed by atoms with van der Waals surface area (Å²) in [5.41, 5.74) is 1.30. The Morgan fingerprint density at radius 2 is 1.77 bits per heavy atom. The zero-order chi connectivity index (χ0) is 15.3. The first kappa shape index (κ1) is 14.0. The van der Waals surface area contributed by atoms with Crippen molar-refractivity contribution in [3.8, 4) is 0 Å². The van der Waals surface area contributed by atoms with Crippen molar-refractivity contribution in [1.29, 1.82) is 0 Å². The lowest BCUT2D eigenvalue weighted by atomic mass is 9.84. The fraction of sp³-hybridized carbons (Fsp3) is 0.471. The van der Waals surface area contributed by atoms with Crippen molar-refractivity contribution < 1.29 is 17.6 Å². The predicted octanol–water partition coefficient (Wildman–Crippen LogP) is 3.36. The molecule has 0 amide bonds. The molecule has 0 N–H and O–H groups in total. The summed E-state index contributed by atoms with van der Waals surface area (Å²) < 4.78 is 30.1. The van der Waals surface area contributed by atoms with Gasteiger partial charge in [0.25, 0.3) is 0 Å². The summed E-state index contributed by atoms with van der Waals surface area (Å²) in [6, 6.07) is 7.48. The van der Waals surface area contributed by atoms with Crippen LogP contribution in [0.3, 0.4) is 0 Å². The van der Waals surface area contributed by atoms with Crippen LogP contribution in [0, 0.1) is 5.92 Å². The number of sulfone groups is 1. The van der Waals surface area contributed by atoms with E-state index in [0.717, 1.165) is 11.8 Å². The van der Waals surface area contributed by atoms with Gasteiger partial charge in [-0.25, -0.2) is 8.42 Å². The fourth-order valence-electron chi connectivity index (χ4n) is 4.01. The van der Waals surface area contributed by atoms with Crippen molar-refractivity contribution in [3.05, 3.63) is 36.1 Å². The van der Waals surface area contributed by atoms with E-state index in [0.29, 0.717) is 36.8 Å². The molecule has 5 heteroatoms. The summed E-state index contributed by atoms with van der Waals surface area (Å²) >= 11 is 0. The Balaban J connectivity index is 1.67. The van der Waals surface area contributed by atoms with Gasteiger partial charge >= 0.3 is 0 Å². The molecule has 1 aromatic carbocycles. The zero-order valence-corrected chi connectivity index (χ0v) is 13.0. The summed E-state index contributed by atoms with van der Waals surface area (Å²) in [6.45, 7) is 0. The zero-order valence-electron chi connectivity index (χ0n) is 12.2. The molecule has 2 unspecified atom stereocenters. The molecule has 2 aliphatic heterocycles. The number of hydrogen-bond acceptors (Lipinski definition) is 4. The second-order valence-corrected chi connectivity index (χ2v) is 8.95. The lowest BCUT2D eigenvalue weighted by molar-refractivity contribution is 0.0895. The van der Waals surface area contributed by atoms with Crippen molar-refractivity contribution in [3.63, 3.8) is 0 Å². The highest BCUT2D eigenvalue weighted by atomic mass is 32.2. The van der Waals surface area contributed by atoms with Gasteiger partial charge in [-0.2, -0.15) is 0 Å². The van der Waals surface area contributed by atoms with Gasteiger partial charge in [0.1, 0.15) is 11.8 Å². The van der Waals surface area contributed by atoms with Crippen LogP contribution in [0.25, 0.3) is 11.0 Å². The van der Waals surface area contributed by atoms with Crippen LogP contribution in [0.15, 0.2) is 34.9 Å². The first-order chi connectivity index (χ1) is 10.6. The largest absolute Gasteiger partial charge is 0.464 e. The molecular formula is C17H18O4S. The van der Waals surface area contributed by atoms with Crippen molar-refractivity contribution >= 4 is 26.6 Å². The fourth-order valence-corrected chi connectivity index (χ4v) is 6.55. The highest BCUT2D eigenvalue weighted by Crippen LogP contribution is 2.41. The van der Waals surface area contributed by atoms with Crippen molar-refractivity contribution in [2.75, 3.05) is 0 Å². The number of fused-ring (bicyclic) bond motifs is 3. The Morgan fingerprint density at radius 3 is 2.50 bits per heavy atom. The molecule has 2 bridgehead atoms. The van der Waals surface area contributed by atoms with Crippen molar-refractivity contribution in [1.82, 2.24) is 0 Å². The summed E-state index contributed by atoms with van der Waals surface area (Å²) in [4.78, 5) is 12.9. The Hall–Kier alpha value is -1.62. The van der Waals surface area contributed by atoms with Crippen LogP contribution < -0.4 is 0 Å². The number of carbonyl (C=O) groups is 1. The van der Waals surface area contributed by atoms with E-state index >= 15 is 0 Å². The van der Waals surface area contributed by atoms with Crippen molar-refractivity contribution in [2.24, 2.45) is 5.92 Å². The lowest BCUT2D eigenvalue weighted by Gasteiger charge is -2.38. The first-order valence-corrected chi connectivity index (χ1v) is 9.41. The highest BCUT2D eigenvalue weighted by molar-refractivity contribution is 7.92. The minimum atomic E-state index is -3.02. The topological polar surface area (TPSA) is 64.3 Å². The van der Waals surface area contributed by atoms with Crippen LogP contribution in [-0.4, -0.2) is 24.7 Å². The van der Waals surface area contributed by atoms with E-state index in [1.165, 1.54) is 6.26 Å². The van der Waals surface area contributed by atoms with Gasteiger partial charge in [0.05, 0.1) is 16.1 Å². The number of ketones is 1. The number of para-hydroxylation sites is 1. The molecule has 2 atom stereocenters. The van der Waals surface area contributed by atoms with Crippen LogP contribution in [0.2, 0.25) is 0 Å². The van der Waals surface area contributed by atoms with E-state index < -0.39 is 9.84 Å². The second kappa shape index (κ2) is 4.95. The van der Waals surface area contributed by atoms with E-state index in [-0.39, 0.29) is 22.2 Å². The third kappa shape index (κ3) is 2.02. The van der Waals surface area contributed by atoms with Crippen LogP contribution in [0.1, 0.15) is 42.5 Å². The maximum atomic E-state index is 12.9. The Labute approximate surface area is 129 Å². The smallest absolute Gasteiger partial charge is 0.169 e. The minimum absolute atomic E-state index is 0.0387. The van der Waals surface area contributed by atoms with Gasteiger partial charge in [-0.1, -0.05) is 24.6 Å². The molecule has 2 aliphatic rings. The van der Waals surface area contributed by atoms with Crippen LogP contribution in [0.5, 0.6) is 0 Å². The first-order valence-electron chi connectivity index (χ1n) is 7.80. The molecule has 116 valence electrons. The molecule has 4 nitrogen and oxygen atoms in total. The third-order valence-corrected chi connectivity index (χ3v) is 7.91. The Bertz CT molecular complexity index is 813. The van der Waals surface area contributed by atoms with Gasteiger partial charge in [0.15, 0.2) is 15.6 Å². The maximum Gasteiger partial charge on any atom is 0.169 e. The van der Waals surface area contributed by atoms with Gasteiger partial charge in [0, 0.05) is 11.3 Å². The molecule has 22 heavy (non-hydrogen) atoms. The summed E-state index contributed by atoms with van der Waals surface area (Å²) in [6.07, 6.45) is 4.83. The van der Waals surface area contributed by atoms with E-state index in [1.807, 2.05) is 24.3 Å². The standard InChI is InChI=1S/C17H18O4S/c18-17(15-10-21-16-7-2-1-6-14(15)16)11-8-12-4-3-5-13(9-11)22(12,19)20/h1-2,6-7,10-13H,3-5,8-9H2. The molecule has 0 saturated carbocycles. The average molecular weight is 318 g/mol. The number of benzene rings is 1. The molecule has 0 radical (unpaired) electrons.